The number of carbonyl (C=O) groups is 1. The molecular weight excluding hydrogens is 366 g/mol. The second-order valence-electron chi connectivity index (χ2n) is 7.44. The molecule has 0 N–H and O–H groups in total. The average Bonchev–Trinajstić information content (AvgIpc) is 3.24. The maximum Gasteiger partial charge on any atom is 0.231 e. The topological polar surface area (TPSA) is 68.5 Å². The summed E-state index contributed by atoms with van der Waals surface area (Å²) >= 11 is 0. The second-order valence-corrected chi connectivity index (χ2v) is 7.44. The van der Waals surface area contributed by atoms with Crippen molar-refractivity contribution in [2.75, 3.05) is 20.2 Å². The number of rotatable bonds is 6. The van der Waals surface area contributed by atoms with E-state index in [0.29, 0.717) is 31.2 Å². The Balaban J connectivity index is 1.42. The largest absolute Gasteiger partial charge is 0.497 e. The maximum absolute atomic E-state index is 12.4. The first-order valence-corrected chi connectivity index (χ1v) is 9.94. The minimum absolute atomic E-state index is 0.0776. The number of likely N-dealkylation sites (tertiary alicyclic amines) is 1. The Morgan fingerprint density at radius 3 is 2.72 bits per heavy atom. The van der Waals surface area contributed by atoms with E-state index in [1.807, 2.05) is 60.4 Å². The number of amides is 1. The average molecular weight is 391 g/mol. The molecule has 150 valence electrons. The van der Waals surface area contributed by atoms with Gasteiger partial charge in [0.25, 0.3) is 0 Å². The molecule has 3 aromatic rings. The van der Waals surface area contributed by atoms with Gasteiger partial charge in [-0.05, 0) is 43.0 Å². The van der Waals surface area contributed by atoms with Crippen molar-refractivity contribution < 1.29 is 14.1 Å². The lowest BCUT2D eigenvalue weighted by molar-refractivity contribution is -0.133. The van der Waals surface area contributed by atoms with Gasteiger partial charge in [-0.3, -0.25) is 4.79 Å². The second kappa shape index (κ2) is 8.47. The van der Waals surface area contributed by atoms with Crippen LogP contribution in [0.3, 0.4) is 0 Å². The highest BCUT2D eigenvalue weighted by molar-refractivity contribution is 5.77. The summed E-state index contributed by atoms with van der Waals surface area (Å²) in [6.07, 6.45) is 2.06. The highest BCUT2D eigenvalue weighted by Crippen LogP contribution is 2.29. The van der Waals surface area contributed by atoms with Gasteiger partial charge in [-0.2, -0.15) is 4.98 Å². The van der Waals surface area contributed by atoms with Crippen molar-refractivity contribution in [1.82, 2.24) is 15.0 Å². The SMILES string of the molecule is COc1ccc(CCN2C[C@H](c3nc(-c4ccccc4C)no3)CCC2=O)cc1. The lowest BCUT2D eigenvalue weighted by Gasteiger charge is -2.31. The van der Waals surface area contributed by atoms with Crippen LogP contribution < -0.4 is 4.74 Å². The Hall–Kier alpha value is -3.15. The number of aromatic nitrogens is 2. The molecule has 1 amide bonds. The fourth-order valence-corrected chi connectivity index (χ4v) is 3.72. The molecule has 0 aliphatic carbocycles. The number of aryl methyl sites for hydroxylation is 1. The lowest BCUT2D eigenvalue weighted by Crippen LogP contribution is -2.40. The molecule has 1 saturated heterocycles. The molecule has 1 fully saturated rings. The van der Waals surface area contributed by atoms with Crippen LogP contribution in [0.1, 0.15) is 35.8 Å². The van der Waals surface area contributed by atoms with Gasteiger partial charge in [0.1, 0.15) is 5.75 Å². The molecule has 0 bridgehead atoms. The zero-order valence-corrected chi connectivity index (χ0v) is 16.8. The third-order valence-corrected chi connectivity index (χ3v) is 5.51. The minimum Gasteiger partial charge on any atom is -0.497 e. The number of piperidine rings is 1. The Morgan fingerprint density at radius 2 is 1.97 bits per heavy atom. The van der Waals surface area contributed by atoms with Gasteiger partial charge < -0.3 is 14.2 Å². The predicted octanol–water partition coefficient (Wildman–Crippen LogP) is 4.00. The summed E-state index contributed by atoms with van der Waals surface area (Å²) < 4.78 is 10.8. The van der Waals surface area contributed by atoms with Crippen LogP contribution in [0.4, 0.5) is 0 Å². The summed E-state index contributed by atoms with van der Waals surface area (Å²) in [6, 6.07) is 16.0. The van der Waals surface area contributed by atoms with Gasteiger partial charge in [-0.1, -0.05) is 41.6 Å². The van der Waals surface area contributed by atoms with Crippen molar-refractivity contribution in [1.29, 1.82) is 0 Å². The van der Waals surface area contributed by atoms with Crippen LogP contribution in [0.5, 0.6) is 5.75 Å². The number of carbonyl (C=O) groups excluding carboxylic acids is 1. The summed E-state index contributed by atoms with van der Waals surface area (Å²) in [7, 11) is 1.66. The lowest BCUT2D eigenvalue weighted by atomic mass is 9.97. The summed E-state index contributed by atoms with van der Waals surface area (Å²) in [5.41, 5.74) is 3.27. The molecule has 0 spiro atoms. The zero-order valence-electron chi connectivity index (χ0n) is 16.8. The zero-order chi connectivity index (χ0) is 20.2. The Morgan fingerprint density at radius 1 is 1.17 bits per heavy atom. The highest BCUT2D eigenvalue weighted by Gasteiger charge is 2.30. The number of benzene rings is 2. The minimum atomic E-state index is 0.0776. The molecule has 1 atom stereocenters. The summed E-state index contributed by atoms with van der Waals surface area (Å²) in [4.78, 5) is 18.9. The summed E-state index contributed by atoms with van der Waals surface area (Å²) in [5.74, 6) is 2.33. The predicted molar refractivity (Wildman–Crippen MR) is 110 cm³/mol. The highest BCUT2D eigenvalue weighted by atomic mass is 16.5. The van der Waals surface area contributed by atoms with Crippen LogP contribution in [0, 0.1) is 6.92 Å². The number of hydrogen-bond acceptors (Lipinski definition) is 5. The van der Waals surface area contributed by atoms with E-state index >= 15 is 0 Å². The molecule has 0 saturated carbocycles. The van der Waals surface area contributed by atoms with Crippen LogP contribution in [0.25, 0.3) is 11.4 Å². The van der Waals surface area contributed by atoms with Crippen LogP contribution in [0.2, 0.25) is 0 Å². The monoisotopic (exact) mass is 391 g/mol. The van der Waals surface area contributed by atoms with E-state index in [4.69, 9.17) is 9.26 Å². The molecule has 0 unspecified atom stereocenters. The number of methoxy groups -OCH3 is 1. The molecule has 6 heteroatoms. The molecule has 2 aromatic carbocycles. The Labute approximate surface area is 170 Å². The molecule has 0 radical (unpaired) electrons. The van der Waals surface area contributed by atoms with E-state index in [-0.39, 0.29) is 11.8 Å². The van der Waals surface area contributed by atoms with E-state index in [2.05, 4.69) is 10.1 Å². The third-order valence-electron chi connectivity index (χ3n) is 5.51. The first kappa shape index (κ1) is 19.2. The van der Waals surface area contributed by atoms with Gasteiger partial charge in [-0.25, -0.2) is 0 Å². The van der Waals surface area contributed by atoms with Gasteiger partial charge in [0.15, 0.2) is 0 Å². The summed E-state index contributed by atoms with van der Waals surface area (Å²) in [5, 5.41) is 4.18. The van der Waals surface area contributed by atoms with E-state index in [0.717, 1.165) is 29.7 Å². The van der Waals surface area contributed by atoms with Crippen molar-refractivity contribution >= 4 is 5.91 Å². The molecular formula is C23H25N3O3. The van der Waals surface area contributed by atoms with E-state index in [9.17, 15) is 4.79 Å². The van der Waals surface area contributed by atoms with Gasteiger partial charge in [0, 0.05) is 25.1 Å². The maximum atomic E-state index is 12.4. The van der Waals surface area contributed by atoms with Crippen molar-refractivity contribution in [2.24, 2.45) is 0 Å². The number of nitrogens with zero attached hydrogens (tertiary/aromatic N) is 3. The first-order valence-electron chi connectivity index (χ1n) is 9.94. The fourth-order valence-electron chi connectivity index (χ4n) is 3.72. The Kier molecular flexibility index (Phi) is 5.60. The normalized spacial score (nSPS) is 16.8. The van der Waals surface area contributed by atoms with Crippen LogP contribution in [-0.4, -0.2) is 41.1 Å². The van der Waals surface area contributed by atoms with Crippen LogP contribution >= 0.6 is 0 Å². The molecule has 6 nitrogen and oxygen atoms in total. The van der Waals surface area contributed by atoms with E-state index in [1.165, 1.54) is 5.56 Å². The van der Waals surface area contributed by atoms with Gasteiger partial charge >= 0.3 is 0 Å². The first-order chi connectivity index (χ1) is 14.1. The number of ether oxygens (including phenoxy) is 1. The number of hydrogen-bond donors (Lipinski definition) is 0. The van der Waals surface area contributed by atoms with Gasteiger partial charge in [0.05, 0.1) is 13.0 Å². The fraction of sp³-hybridized carbons (Fsp3) is 0.348. The summed E-state index contributed by atoms with van der Waals surface area (Å²) in [6.45, 7) is 3.33. The molecule has 1 aliphatic heterocycles. The standard InChI is InChI=1S/C23H25N3O3/c1-16-5-3-4-6-20(16)22-24-23(29-25-22)18-9-12-21(27)26(15-18)14-13-17-7-10-19(28-2)11-8-17/h3-8,10-11,18H,9,12-15H2,1-2H3/t18-/m1/s1. The third kappa shape index (κ3) is 4.31. The molecule has 1 aliphatic rings. The smallest absolute Gasteiger partial charge is 0.231 e. The van der Waals surface area contributed by atoms with Crippen molar-refractivity contribution in [3.05, 3.63) is 65.5 Å². The Bertz CT molecular complexity index is 981. The van der Waals surface area contributed by atoms with E-state index in [1.54, 1.807) is 7.11 Å². The van der Waals surface area contributed by atoms with E-state index < -0.39 is 0 Å². The quantitative estimate of drug-likeness (QED) is 0.635. The van der Waals surface area contributed by atoms with Crippen molar-refractivity contribution in [3.63, 3.8) is 0 Å². The van der Waals surface area contributed by atoms with Gasteiger partial charge in [0.2, 0.25) is 17.6 Å². The molecule has 2 heterocycles. The van der Waals surface area contributed by atoms with Gasteiger partial charge in [-0.15, -0.1) is 0 Å². The van der Waals surface area contributed by atoms with Crippen molar-refractivity contribution in [3.8, 4) is 17.1 Å². The van der Waals surface area contributed by atoms with Crippen LogP contribution in [-0.2, 0) is 11.2 Å². The van der Waals surface area contributed by atoms with Crippen molar-refractivity contribution in [2.45, 2.75) is 32.1 Å². The van der Waals surface area contributed by atoms with Crippen LogP contribution in [0.15, 0.2) is 53.1 Å². The molecule has 1 aromatic heterocycles. The molecule has 29 heavy (non-hydrogen) atoms. The molecule has 4 rings (SSSR count).